The van der Waals surface area contributed by atoms with Crippen LogP contribution in [-0.2, 0) is 17.8 Å². The molecule has 1 aliphatic rings. The number of nitriles is 1. The third-order valence-electron chi connectivity index (χ3n) is 3.99. The van der Waals surface area contributed by atoms with E-state index in [2.05, 4.69) is 51.4 Å². The maximum atomic E-state index is 9.06. The molecule has 0 saturated carbocycles. The Bertz CT molecular complexity index is 727. The minimum absolute atomic E-state index is 0.296. The van der Waals surface area contributed by atoms with Crippen molar-refractivity contribution in [2.45, 2.75) is 26.1 Å². The van der Waals surface area contributed by atoms with Crippen LogP contribution in [0.1, 0.15) is 23.7 Å². The van der Waals surface area contributed by atoms with Crippen molar-refractivity contribution in [3.63, 3.8) is 0 Å². The van der Waals surface area contributed by atoms with Crippen LogP contribution in [-0.4, -0.2) is 40.7 Å². The summed E-state index contributed by atoms with van der Waals surface area (Å²) in [4.78, 5) is 10.6. The van der Waals surface area contributed by atoms with E-state index in [9.17, 15) is 0 Å². The molecule has 0 spiro atoms. The minimum Gasteiger partial charge on any atom is -0.376 e. The maximum Gasteiger partial charge on any atom is 0.182 e. The van der Waals surface area contributed by atoms with Gasteiger partial charge in [0.2, 0.25) is 0 Å². The lowest BCUT2D eigenvalue weighted by atomic mass is 10.1. The van der Waals surface area contributed by atoms with Crippen molar-refractivity contribution in [3.8, 4) is 6.07 Å². The zero-order valence-corrected chi connectivity index (χ0v) is 13.8. The molecule has 3 rings (SSSR count). The second-order valence-corrected chi connectivity index (χ2v) is 5.96. The summed E-state index contributed by atoms with van der Waals surface area (Å²) in [5.74, 6) is 0.521. The Hall–Kier alpha value is -2.49. The van der Waals surface area contributed by atoms with Gasteiger partial charge in [-0.3, -0.25) is 4.90 Å². The highest BCUT2D eigenvalue weighted by atomic mass is 16.5. The van der Waals surface area contributed by atoms with Crippen molar-refractivity contribution in [1.82, 2.24) is 14.9 Å². The summed E-state index contributed by atoms with van der Waals surface area (Å²) in [6.45, 7) is 6.38. The molecule has 1 saturated heterocycles. The lowest BCUT2D eigenvalue weighted by molar-refractivity contribution is -0.0212. The second-order valence-electron chi connectivity index (χ2n) is 5.96. The molecule has 0 amide bonds. The predicted octanol–water partition coefficient (Wildman–Crippen LogP) is 2.18. The third-order valence-corrected chi connectivity index (χ3v) is 3.99. The van der Waals surface area contributed by atoms with E-state index in [0.29, 0.717) is 24.2 Å². The lowest BCUT2D eigenvalue weighted by Crippen LogP contribution is -2.40. The molecule has 0 unspecified atom stereocenters. The fourth-order valence-corrected chi connectivity index (χ4v) is 2.87. The van der Waals surface area contributed by atoms with E-state index < -0.39 is 0 Å². The minimum atomic E-state index is 0.296. The SMILES string of the molecule is C[C@@H]1CN(Cc2cccc(CNc3nccnc3C#N)c2)CCO1. The van der Waals surface area contributed by atoms with E-state index in [1.54, 1.807) is 6.20 Å². The van der Waals surface area contributed by atoms with Gasteiger partial charge >= 0.3 is 0 Å². The van der Waals surface area contributed by atoms with Crippen molar-refractivity contribution >= 4 is 5.82 Å². The molecule has 24 heavy (non-hydrogen) atoms. The van der Waals surface area contributed by atoms with E-state index >= 15 is 0 Å². The van der Waals surface area contributed by atoms with Crippen LogP contribution in [0.5, 0.6) is 0 Å². The van der Waals surface area contributed by atoms with Crippen LogP contribution in [0, 0.1) is 11.3 Å². The molecule has 1 aromatic carbocycles. The van der Waals surface area contributed by atoms with Gasteiger partial charge in [-0.15, -0.1) is 0 Å². The lowest BCUT2D eigenvalue weighted by Gasteiger charge is -2.31. The number of anilines is 1. The van der Waals surface area contributed by atoms with Crippen LogP contribution in [0.25, 0.3) is 0 Å². The molecule has 0 bridgehead atoms. The van der Waals surface area contributed by atoms with E-state index in [4.69, 9.17) is 10.00 Å². The van der Waals surface area contributed by atoms with Gasteiger partial charge in [-0.05, 0) is 18.1 Å². The van der Waals surface area contributed by atoms with Gasteiger partial charge in [0.1, 0.15) is 6.07 Å². The van der Waals surface area contributed by atoms with Crippen molar-refractivity contribution in [2.24, 2.45) is 0 Å². The molecule has 1 atom stereocenters. The van der Waals surface area contributed by atoms with Crippen molar-refractivity contribution in [2.75, 3.05) is 25.0 Å². The number of nitrogens with one attached hydrogen (secondary N) is 1. The summed E-state index contributed by atoms with van der Waals surface area (Å²) in [6.07, 6.45) is 3.40. The van der Waals surface area contributed by atoms with Gasteiger partial charge in [0.25, 0.3) is 0 Å². The Morgan fingerprint density at radius 3 is 3.00 bits per heavy atom. The zero-order valence-electron chi connectivity index (χ0n) is 13.8. The van der Waals surface area contributed by atoms with Crippen LogP contribution in [0.2, 0.25) is 0 Å². The average molecular weight is 323 g/mol. The van der Waals surface area contributed by atoms with Gasteiger partial charge in [-0.2, -0.15) is 5.26 Å². The largest absolute Gasteiger partial charge is 0.376 e. The van der Waals surface area contributed by atoms with Gasteiger partial charge < -0.3 is 10.1 Å². The van der Waals surface area contributed by atoms with E-state index in [-0.39, 0.29) is 0 Å². The topological polar surface area (TPSA) is 74.1 Å². The highest BCUT2D eigenvalue weighted by Gasteiger charge is 2.16. The normalized spacial score (nSPS) is 18.1. The van der Waals surface area contributed by atoms with Crippen molar-refractivity contribution in [3.05, 3.63) is 53.5 Å². The van der Waals surface area contributed by atoms with Gasteiger partial charge in [0, 0.05) is 38.6 Å². The zero-order chi connectivity index (χ0) is 16.8. The van der Waals surface area contributed by atoms with Crippen molar-refractivity contribution in [1.29, 1.82) is 5.26 Å². The summed E-state index contributed by atoms with van der Waals surface area (Å²) < 4.78 is 5.59. The Morgan fingerprint density at radius 1 is 1.33 bits per heavy atom. The number of rotatable bonds is 5. The summed E-state index contributed by atoms with van der Waals surface area (Å²) in [7, 11) is 0. The van der Waals surface area contributed by atoms with Crippen LogP contribution in [0.3, 0.4) is 0 Å². The number of aromatic nitrogens is 2. The molecule has 0 radical (unpaired) electrons. The summed E-state index contributed by atoms with van der Waals surface area (Å²) in [5.41, 5.74) is 2.75. The number of hydrogen-bond acceptors (Lipinski definition) is 6. The predicted molar refractivity (Wildman–Crippen MR) is 91.2 cm³/mol. The molecule has 2 aromatic rings. The Morgan fingerprint density at radius 2 is 2.17 bits per heavy atom. The van der Waals surface area contributed by atoms with Gasteiger partial charge in [0.15, 0.2) is 11.5 Å². The summed E-state index contributed by atoms with van der Waals surface area (Å²) >= 11 is 0. The molecule has 1 N–H and O–H groups in total. The number of benzene rings is 1. The van der Waals surface area contributed by atoms with E-state index in [1.165, 1.54) is 11.8 Å². The molecule has 1 aromatic heterocycles. The first-order valence-electron chi connectivity index (χ1n) is 8.11. The Balaban J connectivity index is 1.62. The summed E-state index contributed by atoms with van der Waals surface area (Å²) in [5, 5.41) is 12.2. The molecule has 124 valence electrons. The highest BCUT2D eigenvalue weighted by Crippen LogP contribution is 2.14. The first-order valence-corrected chi connectivity index (χ1v) is 8.11. The number of nitrogens with zero attached hydrogens (tertiary/aromatic N) is 4. The number of ether oxygens (including phenoxy) is 1. The molecule has 1 fully saturated rings. The quantitative estimate of drug-likeness (QED) is 0.909. The van der Waals surface area contributed by atoms with Crippen molar-refractivity contribution < 1.29 is 4.74 Å². The summed E-state index contributed by atoms with van der Waals surface area (Å²) in [6, 6.07) is 10.5. The Labute approximate surface area is 142 Å². The molecule has 6 heteroatoms. The van der Waals surface area contributed by atoms with Crippen LogP contribution < -0.4 is 5.32 Å². The molecular formula is C18H21N5O. The first kappa shape index (κ1) is 16.4. The van der Waals surface area contributed by atoms with Crippen LogP contribution in [0.15, 0.2) is 36.7 Å². The van der Waals surface area contributed by atoms with Gasteiger partial charge in [0.05, 0.1) is 12.7 Å². The number of hydrogen-bond donors (Lipinski definition) is 1. The second kappa shape index (κ2) is 7.86. The molecule has 0 aliphatic carbocycles. The highest BCUT2D eigenvalue weighted by molar-refractivity contribution is 5.47. The molecule has 6 nitrogen and oxygen atoms in total. The van der Waals surface area contributed by atoms with Gasteiger partial charge in [-0.25, -0.2) is 9.97 Å². The maximum absolute atomic E-state index is 9.06. The molecule has 2 heterocycles. The smallest absolute Gasteiger partial charge is 0.182 e. The van der Waals surface area contributed by atoms with E-state index in [1.807, 2.05) is 6.07 Å². The van der Waals surface area contributed by atoms with E-state index in [0.717, 1.165) is 31.8 Å². The van der Waals surface area contributed by atoms with Gasteiger partial charge in [-0.1, -0.05) is 24.3 Å². The Kier molecular flexibility index (Phi) is 5.36. The third kappa shape index (κ3) is 4.28. The fraction of sp³-hybridized carbons (Fsp3) is 0.389. The monoisotopic (exact) mass is 323 g/mol. The first-order chi connectivity index (χ1) is 11.7. The standard InChI is InChI=1S/C18H21N5O/c1-14-12-23(7-8-24-14)13-16-4-2-3-15(9-16)11-22-18-17(10-19)20-5-6-21-18/h2-6,9,14H,7-8,11-13H2,1H3,(H,21,22)/t14-/m1/s1. The van der Waals surface area contributed by atoms with Crippen LogP contribution >= 0.6 is 0 Å². The average Bonchev–Trinajstić information content (AvgIpc) is 2.60. The van der Waals surface area contributed by atoms with Crippen LogP contribution in [0.4, 0.5) is 5.82 Å². The fourth-order valence-electron chi connectivity index (χ4n) is 2.87. The molecule has 1 aliphatic heterocycles. The molecular weight excluding hydrogens is 302 g/mol. The number of morpholine rings is 1.